The number of hydrogen-bond acceptors (Lipinski definition) is 4. The summed E-state index contributed by atoms with van der Waals surface area (Å²) >= 11 is 0. The average molecular weight is 270 g/mol. The van der Waals surface area contributed by atoms with Gasteiger partial charge in [0.25, 0.3) is 0 Å². The molecule has 19 heavy (non-hydrogen) atoms. The van der Waals surface area contributed by atoms with Crippen LogP contribution < -0.4 is 5.32 Å². The summed E-state index contributed by atoms with van der Waals surface area (Å²) in [4.78, 5) is 2.02. The van der Waals surface area contributed by atoms with Crippen LogP contribution in [0.25, 0.3) is 0 Å². The van der Waals surface area contributed by atoms with Crippen LogP contribution in [-0.2, 0) is 4.74 Å². The Balaban J connectivity index is 1.66. The highest BCUT2D eigenvalue weighted by Gasteiger charge is 2.41. The van der Waals surface area contributed by atoms with Crippen LogP contribution in [0.5, 0.6) is 0 Å². The van der Waals surface area contributed by atoms with Crippen molar-refractivity contribution in [3.8, 4) is 0 Å². The molecule has 0 amide bonds. The van der Waals surface area contributed by atoms with E-state index in [1.54, 1.807) is 0 Å². The predicted molar refractivity (Wildman–Crippen MR) is 77.4 cm³/mol. The minimum absolute atomic E-state index is 0.221. The smallest absolute Gasteiger partial charge is 0.0869 e. The van der Waals surface area contributed by atoms with E-state index in [4.69, 9.17) is 4.74 Å². The second kappa shape index (κ2) is 6.08. The summed E-state index contributed by atoms with van der Waals surface area (Å²) in [6, 6.07) is 0. The summed E-state index contributed by atoms with van der Waals surface area (Å²) in [7, 11) is 3.97. The van der Waals surface area contributed by atoms with E-state index in [0.29, 0.717) is 19.2 Å². The molecule has 1 saturated carbocycles. The SMILES string of the molecule is CN(C)CC(C)(O)CNCC1CCC2(CCCC2)O1. The van der Waals surface area contributed by atoms with Crippen molar-refractivity contribution in [2.45, 2.75) is 62.8 Å². The highest BCUT2D eigenvalue weighted by Crippen LogP contribution is 2.43. The molecule has 0 radical (unpaired) electrons. The number of ether oxygens (including phenoxy) is 1. The number of nitrogens with zero attached hydrogens (tertiary/aromatic N) is 1. The zero-order valence-corrected chi connectivity index (χ0v) is 12.7. The monoisotopic (exact) mass is 270 g/mol. The third-order valence-corrected chi connectivity index (χ3v) is 4.39. The first-order chi connectivity index (χ1) is 8.91. The van der Waals surface area contributed by atoms with E-state index < -0.39 is 5.60 Å². The van der Waals surface area contributed by atoms with Gasteiger partial charge in [-0.2, -0.15) is 0 Å². The first-order valence-electron chi connectivity index (χ1n) is 7.67. The lowest BCUT2D eigenvalue weighted by Crippen LogP contribution is -2.47. The Kier molecular flexibility index (Phi) is 4.88. The van der Waals surface area contributed by atoms with Crippen molar-refractivity contribution < 1.29 is 9.84 Å². The molecule has 1 saturated heterocycles. The largest absolute Gasteiger partial charge is 0.388 e. The summed E-state index contributed by atoms with van der Waals surface area (Å²) in [5, 5.41) is 13.6. The summed E-state index contributed by atoms with van der Waals surface area (Å²) in [6.45, 7) is 4.05. The molecular weight excluding hydrogens is 240 g/mol. The molecule has 2 atom stereocenters. The maximum atomic E-state index is 10.2. The van der Waals surface area contributed by atoms with Gasteiger partial charge in [-0.1, -0.05) is 12.8 Å². The Morgan fingerprint density at radius 1 is 1.32 bits per heavy atom. The molecule has 0 aromatic heterocycles. The quantitative estimate of drug-likeness (QED) is 0.765. The van der Waals surface area contributed by atoms with Crippen LogP contribution in [0.1, 0.15) is 45.4 Å². The molecule has 4 heteroatoms. The molecule has 0 bridgehead atoms. The fraction of sp³-hybridized carbons (Fsp3) is 1.00. The van der Waals surface area contributed by atoms with Gasteiger partial charge in [-0.15, -0.1) is 0 Å². The number of aliphatic hydroxyl groups is 1. The van der Waals surface area contributed by atoms with Crippen molar-refractivity contribution in [3.05, 3.63) is 0 Å². The van der Waals surface area contributed by atoms with Crippen molar-refractivity contribution in [3.63, 3.8) is 0 Å². The average Bonchev–Trinajstić information content (AvgIpc) is 2.88. The maximum Gasteiger partial charge on any atom is 0.0869 e. The lowest BCUT2D eigenvalue weighted by atomic mass is 9.98. The number of likely N-dealkylation sites (N-methyl/N-ethyl adjacent to an activating group) is 1. The van der Waals surface area contributed by atoms with Crippen molar-refractivity contribution in [2.24, 2.45) is 0 Å². The normalized spacial score (nSPS) is 29.2. The van der Waals surface area contributed by atoms with Gasteiger partial charge >= 0.3 is 0 Å². The molecule has 1 spiro atoms. The Bertz CT molecular complexity index is 286. The van der Waals surface area contributed by atoms with Gasteiger partial charge in [-0.3, -0.25) is 0 Å². The van der Waals surface area contributed by atoms with Gasteiger partial charge in [-0.25, -0.2) is 0 Å². The molecule has 112 valence electrons. The van der Waals surface area contributed by atoms with Crippen molar-refractivity contribution >= 4 is 0 Å². The van der Waals surface area contributed by atoms with Crippen LogP contribution in [0.2, 0.25) is 0 Å². The Hall–Kier alpha value is -0.160. The molecule has 2 unspecified atom stereocenters. The zero-order chi connectivity index (χ0) is 13.9. The lowest BCUT2D eigenvalue weighted by molar-refractivity contribution is -0.0377. The molecule has 2 aliphatic rings. The minimum Gasteiger partial charge on any atom is -0.388 e. The predicted octanol–water partition coefficient (Wildman–Crippen LogP) is 1.38. The first kappa shape index (κ1) is 15.2. The lowest BCUT2D eigenvalue weighted by Gasteiger charge is -2.28. The third kappa shape index (κ3) is 4.42. The van der Waals surface area contributed by atoms with Crippen molar-refractivity contribution in [1.29, 1.82) is 0 Å². The van der Waals surface area contributed by atoms with Crippen LogP contribution in [0.3, 0.4) is 0 Å². The fourth-order valence-corrected chi connectivity index (χ4v) is 3.67. The second-order valence-electron chi connectivity index (χ2n) is 7.03. The van der Waals surface area contributed by atoms with Crippen LogP contribution in [0.4, 0.5) is 0 Å². The van der Waals surface area contributed by atoms with E-state index in [2.05, 4.69) is 5.32 Å². The van der Waals surface area contributed by atoms with E-state index in [9.17, 15) is 5.11 Å². The molecular formula is C15H30N2O2. The van der Waals surface area contributed by atoms with Gasteiger partial charge < -0.3 is 20.1 Å². The summed E-state index contributed by atoms with van der Waals surface area (Å²) in [5.74, 6) is 0. The minimum atomic E-state index is -0.673. The highest BCUT2D eigenvalue weighted by molar-refractivity contribution is 4.93. The maximum absolute atomic E-state index is 10.2. The van der Waals surface area contributed by atoms with Crippen molar-refractivity contribution in [2.75, 3.05) is 33.7 Å². The van der Waals surface area contributed by atoms with Crippen LogP contribution >= 0.6 is 0 Å². The zero-order valence-electron chi connectivity index (χ0n) is 12.7. The van der Waals surface area contributed by atoms with Gasteiger partial charge in [0.1, 0.15) is 0 Å². The number of rotatable bonds is 6. The molecule has 1 aliphatic carbocycles. The molecule has 0 aromatic carbocycles. The summed E-state index contributed by atoms with van der Waals surface area (Å²) in [6.07, 6.45) is 7.91. The van der Waals surface area contributed by atoms with Gasteiger partial charge in [0.05, 0.1) is 17.3 Å². The topological polar surface area (TPSA) is 44.7 Å². The standard InChI is InChI=1S/C15H30N2O2/c1-14(18,12-17(2)3)11-16-10-13-6-9-15(19-13)7-4-5-8-15/h13,16,18H,4-12H2,1-3H3. The van der Waals surface area contributed by atoms with E-state index in [1.807, 2.05) is 25.9 Å². The fourth-order valence-electron chi connectivity index (χ4n) is 3.67. The summed E-state index contributed by atoms with van der Waals surface area (Å²) in [5.41, 5.74) is -0.453. The first-order valence-corrected chi connectivity index (χ1v) is 7.67. The molecule has 0 aromatic rings. The molecule has 2 fully saturated rings. The van der Waals surface area contributed by atoms with E-state index in [-0.39, 0.29) is 5.60 Å². The number of hydrogen-bond donors (Lipinski definition) is 2. The van der Waals surface area contributed by atoms with Gasteiger partial charge in [0, 0.05) is 19.6 Å². The Morgan fingerprint density at radius 2 is 2.00 bits per heavy atom. The Morgan fingerprint density at radius 3 is 2.63 bits per heavy atom. The molecule has 4 nitrogen and oxygen atoms in total. The number of nitrogens with one attached hydrogen (secondary N) is 1. The van der Waals surface area contributed by atoms with E-state index in [0.717, 1.165) is 6.54 Å². The van der Waals surface area contributed by atoms with E-state index in [1.165, 1.54) is 38.5 Å². The third-order valence-electron chi connectivity index (χ3n) is 4.39. The van der Waals surface area contributed by atoms with Crippen LogP contribution in [-0.4, -0.2) is 61.0 Å². The van der Waals surface area contributed by atoms with Gasteiger partial charge in [0.15, 0.2) is 0 Å². The highest BCUT2D eigenvalue weighted by atomic mass is 16.5. The molecule has 2 N–H and O–H groups in total. The van der Waals surface area contributed by atoms with Gasteiger partial charge in [0.2, 0.25) is 0 Å². The van der Waals surface area contributed by atoms with Crippen LogP contribution in [0.15, 0.2) is 0 Å². The molecule has 2 rings (SSSR count). The van der Waals surface area contributed by atoms with E-state index >= 15 is 0 Å². The molecule has 1 aliphatic heterocycles. The van der Waals surface area contributed by atoms with Gasteiger partial charge in [-0.05, 0) is 46.7 Å². The van der Waals surface area contributed by atoms with Crippen LogP contribution in [0, 0.1) is 0 Å². The summed E-state index contributed by atoms with van der Waals surface area (Å²) < 4.78 is 6.25. The van der Waals surface area contributed by atoms with Crippen molar-refractivity contribution in [1.82, 2.24) is 10.2 Å². The Labute approximate surface area is 117 Å². The molecule has 1 heterocycles. The second-order valence-corrected chi connectivity index (χ2v) is 7.03.